The summed E-state index contributed by atoms with van der Waals surface area (Å²) >= 11 is 0. The molecule has 2 rings (SSSR count). The Bertz CT molecular complexity index is 770. The Kier molecular flexibility index (Phi) is 6.27. The van der Waals surface area contributed by atoms with Gasteiger partial charge >= 0.3 is 0 Å². The number of rotatable bonds is 7. The highest BCUT2D eigenvalue weighted by Crippen LogP contribution is 2.32. The van der Waals surface area contributed by atoms with Crippen LogP contribution in [0.15, 0.2) is 34.9 Å². The highest BCUT2D eigenvalue weighted by atomic mass is 16.5. The van der Waals surface area contributed by atoms with Crippen molar-refractivity contribution >= 4 is 11.8 Å². The van der Waals surface area contributed by atoms with Crippen LogP contribution in [0.1, 0.15) is 41.6 Å². The fourth-order valence-electron chi connectivity index (χ4n) is 2.62. The van der Waals surface area contributed by atoms with E-state index in [-0.39, 0.29) is 17.7 Å². The molecule has 2 aromatic rings. The van der Waals surface area contributed by atoms with Crippen molar-refractivity contribution in [2.24, 2.45) is 0 Å². The van der Waals surface area contributed by atoms with Gasteiger partial charge in [-0.2, -0.15) is 0 Å². The van der Waals surface area contributed by atoms with Crippen molar-refractivity contribution in [3.05, 3.63) is 47.4 Å². The van der Waals surface area contributed by atoms with Crippen molar-refractivity contribution in [3.8, 4) is 11.5 Å². The summed E-state index contributed by atoms with van der Waals surface area (Å²) in [5.74, 6) is 0.646. The Labute approximate surface area is 152 Å². The molecule has 0 aliphatic heterocycles. The summed E-state index contributed by atoms with van der Waals surface area (Å²) in [5.41, 5.74) is 1.86. The molecule has 0 aliphatic rings. The maximum absolute atomic E-state index is 12.4. The van der Waals surface area contributed by atoms with Crippen molar-refractivity contribution in [1.29, 1.82) is 0 Å². The monoisotopic (exact) mass is 360 g/mol. The molecule has 0 aliphatic carbocycles. The number of amides is 2. The Balaban J connectivity index is 2.05. The molecule has 0 radical (unpaired) electrons. The number of nitrogens with one attached hydrogen (secondary N) is 2. The maximum Gasteiger partial charge on any atom is 0.287 e. The van der Waals surface area contributed by atoms with Crippen LogP contribution in [0.3, 0.4) is 0 Å². The Hall–Kier alpha value is -2.96. The molecular formula is C19H24N2O5. The fraction of sp³-hybridized carbons (Fsp3) is 0.368. The lowest BCUT2D eigenvalue weighted by molar-refractivity contribution is -0.123. The second-order valence-corrected chi connectivity index (χ2v) is 5.97. The summed E-state index contributed by atoms with van der Waals surface area (Å²) in [6, 6.07) is 5.86. The largest absolute Gasteiger partial charge is 0.493 e. The Morgan fingerprint density at radius 1 is 1.08 bits per heavy atom. The second kappa shape index (κ2) is 8.42. The van der Waals surface area contributed by atoms with Crippen LogP contribution in [0.5, 0.6) is 11.5 Å². The molecule has 0 spiro atoms. The van der Waals surface area contributed by atoms with E-state index < -0.39 is 11.9 Å². The van der Waals surface area contributed by atoms with E-state index in [0.29, 0.717) is 11.5 Å². The molecule has 7 nitrogen and oxygen atoms in total. The van der Waals surface area contributed by atoms with Crippen LogP contribution in [-0.4, -0.2) is 32.1 Å². The molecule has 2 unspecified atom stereocenters. The van der Waals surface area contributed by atoms with Gasteiger partial charge in [0.05, 0.1) is 26.5 Å². The van der Waals surface area contributed by atoms with Gasteiger partial charge < -0.3 is 24.5 Å². The van der Waals surface area contributed by atoms with Crippen LogP contribution >= 0.6 is 0 Å². The summed E-state index contributed by atoms with van der Waals surface area (Å²) in [6.07, 6.45) is 1.40. The molecule has 1 aromatic heterocycles. The molecule has 7 heteroatoms. The molecule has 0 saturated heterocycles. The van der Waals surface area contributed by atoms with Crippen molar-refractivity contribution in [2.75, 3.05) is 14.2 Å². The van der Waals surface area contributed by atoms with E-state index in [1.807, 2.05) is 26.0 Å². The van der Waals surface area contributed by atoms with Gasteiger partial charge in [0.15, 0.2) is 17.3 Å². The lowest BCUT2D eigenvalue weighted by atomic mass is 10.0. The first kappa shape index (κ1) is 19.4. The van der Waals surface area contributed by atoms with E-state index in [4.69, 9.17) is 13.9 Å². The number of hydrogen-bond acceptors (Lipinski definition) is 5. The molecule has 1 aromatic carbocycles. The third-order valence-electron chi connectivity index (χ3n) is 4.08. The van der Waals surface area contributed by atoms with E-state index in [0.717, 1.165) is 11.1 Å². The Morgan fingerprint density at radius 2 is 1.73 bits per heavy atom. The van der Waals surface area contributed by atoms with Crippen LogP contribution in [0, 0.1) is 6.92 Å². The smallest absolute Gasteiger partial charge is 0.287 e. The van der Waals surface area contributed by atoms with Gasteiger partial charge in [-0.3, -0.25) is 9.59 Å². The third kappa shape index (κ3) is 4.36. The molecule has 140 valence electrons. The van der Waals surface area contributed by atoms with Gasteiger partial charge in [0.25, 0.3) is 5.91 Å². The number of carbonyl (C=O) groups is 2. The molecule has 0 fully saturated rings. The van der Waals surface area contributed by atoms with E-state index in [1.165, 1.54) is 12.3 Å². The van der Waals surface area contributed by atoms with Crippen LogP contribution in [0.4, 0.5) is 0 Å². The topological polar surface area (TPSA) is 89.8 Å². The van der Waals surface area contributed by atoms with Crippen molar-refractivity contribution < 1.29 is 23.5 Å². The van der Waals surface area contributed by atoms with Crippen molar-refractivity contribution in [1.82, 2.24) is 10.6 Å². The van der Waals surface area contributed by atoms with Crippen LogP contribution < -0.4 is 20.1 Å². The molecule has 26 heavy (non-hydrogen) atoms. The Morgan fingerprint density at radius 3 is 2.31 bits per heavy atom. The SMILES string of the molecule is COc1cc(C)c(C(C)NC(=O)C(C)NC(=O)c2ccco2)cc1OC. The minimum Gasteiger partial charge on any atom is -0.493 e. The zero-order valence-electron chi connectivity index (χ0n) is 15.6. The third-order valence-corrected chi connectivity index (χ3v) is 4.08. The zero-order valence-corrected chi connectivity index (χ0v) is 15.6. The molecule has 2 N–H and O–H groups in total. The summed E-state index contributed by atoms with van der Waals surface area (Å²) in [5, 5.41) is 5.50. The molecule has 2 atom stereocenters. The van der Waals surface area contributed by atoms with Gasteiger partial charge in [-0.1, -0.05) is 0 Å². The number of ether oxygens (including phenoxy) is 2. The lowest BCUT2D eigenvalue weighted by Gasteiger charge is -2.21. The fourth-order valence-corrected chi connectivity index (χ4v) is 2.62. The van der Waals surface area contributed by atoms with Gasteiger partial charge in [-0.15, -0.1) is 0 Å². The predicted molar refractivity (Wildman–Crippen MR) is 96.5 cm³/mol. The number of furan rings is 1. The van der Waals surface area contributed by atoms with E-state index in [1.54, 1.807) is 27.2 Å². The number of aryl methyl sites for hydroxylation is 1. The first-order valence-corrected chi connectivity index (χ1v) is 8.24. The van der Waals surface area contributed by atoms with Gasteiger partial charge in [0.1, 0.15) is 6.04 Å². The van der Waals surface area contributed by atoms with Crippen LogP contribution in [0.25, 0.3) is 0 Å². The van der Waals surface area contributed by atoms with Crippen molar-refractivity contribution in [2.45, 2.75) is 32.9 Å². The van der Waals surface area contributed by atoms with Crippen LogP contribution in [-0.2, 0) is 4.79 Å². The highest BCUT2D eigenvalue weighted by Gasteiger charge is 2.21. The quantitative estimate of drug-likeness (QED) is 0.792. The van der Waals surface area contributed by atoms with E-state index in [9.17, 15) is 9.59 Å². The molecular weight excluding hydrogens is 336 g/mol. The van der Waals surface area contributed by atoms with Gasteiger partial charge in [0, 0.05) is 0 Å². The normalized spacial score (nSPS) is 12.8. The molecule has 2 amide bonds. The molecule has 0 saturated carbocycles. The van der Waals surface area contributed by atoms with Gasteiger partial charge in [-0.25, -0.2) is 0 Å². The minimum atomic E-state index is -0.712. The average Bonchev–Trinajstić information content (AvgIpc) is 3.15. The number of hydrogen-bond donors (Lipinski definition) is 2. The summed E-state index contributed by atoms with van der Waals surface area (Å²) < 4.78 is 15.6. The summed E-state index contributed by atoms with van der Waals surface area (Å²) in [6.45, 7) is 5.42. The van der Waals surface area contributed by atoms with E-state index >= 15 is 0 Å². The predicted octanol–water partition coefficient (Wildman–Crippen LogP) is 2.60. The number of benzene rings is 1. The van der Waals surface area contributed by atoms with Gasteiger partial charge in [-0.05, 0) is 56.2 Å². The summed E-state index contributed by atoms with van der Waals surface area (Å²) in [7, 11) is 3.14. The molecule has 0 bridgehead atoms. The van der Waals surface area contributed by atoms with Crippen LogP contribution in [0.2, 0.25) is 0 Å². The van der Waals surface area contributed by atoms with Crippen molar-refractivity contribution in [3.63, 3.8) is 0 Å². The second-order valence-electron chi connectivity index (χ2n) is 5.97. The first-order chi connectivity index (χ1) is 12.4. The maximum atomic E-state index is 12.4. The highest BCUT2D eigenvalue weighted by molar-refractivity contribution is 5.95. The van der Waals surface area contributed by atoms with Gasteiger partial charge in [0.2, 0.25) is 5.91 Å². The standard InChI is InChI=1S/C19H24N2O5/c1-11-9-16(24-4)17(25-5)10-14(11)12(2)20-18(22)13(3)21-19(23)15-7-6-8-26-15/h6-10,12-13H,1-5H3,(H,20,22)(H,21,23). The average molecular weight is 360 g/mol. The molecule has 1 heterocycles. The number of methoxy groups -OCH3 is 2. The zero-order chi connectivity index (χ0) is 19.3. The first-order valence-electron chi connectivity index (χ1n) is 8.24. The van der Waals surface area contributed by atoms with E-state index in [2.05, 4.69) is 10.6 Å². The summed E-state index contributed by atoms with van der Waals surface area (Å²) in [4.78, 5) is 24.4. The number of carbonyl (C=O) groups excluding carboxylic acids is 2. The minimum absolute atomic E-state index is 0.161. The lowest BCUT2D eigenvalue weighted by Crippen LogP contribution is -2.45.